The molecule has 0 aliphatic carbocycles. The van der Waals surface area contributed by atoms with Crippen LogP contribution in [0.2, 0.25) is 19.1 Å². The van der Waals surface area contributed by atoms with Crippen LogP contribution in [-0.4, -0.2) is 8.07 Å². The quantitative estimate of drug-likeness (QED) is 0.686. The van der Waals surface area contributed by atoms with Gasteiger partial charge in [-0.2, -0.15) is 0 Å². The van der Waals surface area contributed by atoms with Crippen molar-refractivity contribution in [3.63, 3.8) is 0 Å². The van der Waals surface area contributed by atoms with Crippen LogP contribution in [0.5, 0.6) is 0 Å². The summed E-state index contributed by atoms with van der Waals surface area (Å²) in [5.41, 5.74) is 1.26. The van der Waals surface area contributed by atoms with Crippen LogP contribution >= 0.6 is 15.9 Å². The maximum absolute atomic E-state index is 3.46. The van der Waals surface area contributed by atoms with Gasteiger partial charge >= 0.3 is 0 Å². The first-order valence-electron chi connectivity index (χ1n) is 6.55. The summed E-state index contributed by atoms with van der Waals surface area (Å²) in [7, 11) is -1.34. The Hall–Kier alpha value is -1.12. The van der Waals surface area contributed by atoms with Gasteiger partial charge in [-0.15, -0.1) is 0 Å². The summed E-state index contributed by atoms with van der Waals surface area (Å²) >= 11 is 3.46. The fourth-order valence-corrected chi connectivity index (χ4v) is 4.37. The summed E-state index contributed by atoms with van der Waals surface area (Å²) in [6.45, 7) is 4.85. The summed E-state index contributed by atoms with van der Waals surface area (Å²) in [4.78, 5) is 0. The zero-order valence-corrected chi connectivity index (χ0v) is 14.0. The largest absolute Gasteiger partial charge is 0.0863 e. The lowest BCUT2D eigenvalue weighted by atomic mass is 10.2. The molecule has 2 heteroatoms. The second-order valence-corrected chi connectivity index (χ2v) is 11.1. The molecule has 0 nitrogen and oxygen atoms in total. The van der Waals surface area contributed by atoms with Crippen molar-refractivity contribution in [2.24, 2.45) is 0 Å². The number of benzene rings is 2. The zero-order valence-electron chi connectivity index (χ0n) is 11.4. The van der Waals surface area contributed by atoms with Gasteiger partial charge in [0.25, 0.3) is 0 Å². The van der Waals surface area contributed by atoms with E-state index in [2.05, 4.69) is 95.8 Å². The lowest BCUT2D eigenvalue weighted by Gasteiger charge is -2.20. The molecule has 2 aromatic carbocycles. The predicted octanol–water partition coefficient (Wildman–Crippen LogP) is 5.08. The summed E-state index contributed by atoms with van der Waals surface area (Å²) in [5.74, 6) is 0. The Morgan fingerprint density at radius 1 is 0.947 bits per heavy atom. The smallest absolute Gasteiger partial charge is 0.0843 e. The van der Waals surface area contributed by atoms with Crippen LogP contribution in [-0.2, 0) is 0 Å². The van der Waals surface area contributed by atoms with Gasteiger partial charge < -0.3 is 0 Å². The standard InChI is InChI=1S/C17H19BrSi/c1-19(2,17-8-4-3-5-9-17)14-6-7-15-10-12-16(18)13-11-15/h3-13H,14H2,1-2H3/b7-6+. The first-order chi connectivity index (χ1) is 9.08. The zero-order chi connectivity index (χ0) is 13.7. The number of hydrogen-bond acceptors (Lipinski definition) is 0. The molecule has 0 bridgehead atoms. The maximum atomic E-state index is 3.46. The molecular formula is C17H19BrSi. The van der Waals surface area contributed by atoms with Gasteiger partial charge in [-0.25, -0.2) is 0 Å². The van der Waals surface area contributed by atoms with E-state index in [4.69, 9.17) is 0 Å². The van der Waals surface area contributed by atoms with Crippen molar-refractivity contribution in [3.05, 3.63) is 70.7 Å². The SMILES string of the molecule is C[Si](C)(C/C=C/c1ccc(Br)cc1)c1ccccc1. The Kier molecular flexibility index (Phi) is 4.78. The van der Waals surface area contributed by atoms with Crippen molar-refractivity contribution in [3.8, 4) is 0 Å². The molecule has 2 rings (SSSR count). The molecule has 98 valence electrons. The molecule has 0 unspecified atom stereocenters. The summed E-state index contributed by atoms with van der Waals surface area (Å²) in [5, 5.41) is 1.52. The highest BCUT2D eigenvalue weighted by atomic mass is 79.9. The second kappa shape index (κ2) is 6.35. The molecule has 0 amide bonds. The van der Waals surface area contributed by atoms with Crippen LogP contribution in [0.4, 0.5) is 0 Å². The van der Waals surface area contributed by atoms with Crippen LogP contribution in [0.3, 0.4) is 0 Å². The van der Waals surface area contributed by atoms with Crippen molar-refractivity contribution in [1.82, 2.24) is 0 Å². The van der Waals surface area contributed by atoms with Gasteiger partial charge in [-0.1, -0.05) is 88.8 Å². The third-order valence-corrected chi connectivity index (χ3v) is 7.05. The molecule has 0 radical (unpaired) electrons. The van der Waals surface area contributed by atoms with Gasteiger partial charge in [0.1, 0.15) is 0 Å². The summed E-state index contributed by atoms with van der Waals surface area (Å²) < 4.78 is 1.13. The second-order valence-electron chi connectivity index (χ2n) is 5.41. The number of rotatable bonds is 4. The summed E-state index contributed by atoms with van der Waals surface area (Å²) in [6.07, 6.45) is 4.55. The Labute approximate surface area is 125 Å². The fourth-order valence-electron chi connectivity index (χ4n) is 2.07. The third kappa shape index (κ3) is 4.18. The van der Waals surface area contributed by atoms with Crippen molar-refractivity contribution in [2.75, 3.05) is 0 Å². The van der Waals surface area contributed by atoms with E-state index in [9.17, 15) is 0 Å². The van der Waals surface area contributed by atoms with E-state index in [1.807, 2.05) is 0 Å². The molecule has 0 aromatic heterocycles. The van der Waals surface area contributed by atoms with E-state index < -0.39 is 8.07 Å². The van der Waals surface area contributed by atoms with E-state index in [-0.39, 0.29) is 0 Å². The lowest BCUT2D eigenvalue weighted by Crippen LogP contribution is -2.40. The van der Waals surface area contributed by atoms with E-state index >= 15 is 0 Å². The molecule has 0 aliphatic heterocycles. The van der Waals surface area contributed by atoms with E-state index in [0.717, 1.165) is 4.47 Å². The molecule has 0 N–H and O–H groups in total. The molecule has 2 aromatic rings. The Balaban J connectivity index is 2.03. The minimum absolute atomic E-state index is 1.13. The van der Waals surface area contributed by atoms with Gasteiger partial charge in [-0.3, -0.25) is 0 Å². The summed E-state index contributed by atoms with van der Waals surface area (Å²) in [6, 6.07) is 20.5. The van der Waals surface area contributed by atoms with Crippen LogP contribution in [0.1, 0.15) is 5.56 Å². The average Bonchev–Trinajstić information content (AvgIpc) is 2.42. The van der Waals surface area contributed by atoms with Crippen LogP contribution in [0.15, 0.2) is 65.1 Å². The van der Waals surface area contributed by atoms with Crippen molar-refractivity contribution in [2.45, 2.75) is 19.1 Å². The minimum atomic E-state index is -1.34. The van der Waals surface area contributed by atoms with Crippen LogP contribution < -0.4 is 5.19 Å². The van der Waals surface area contributed by atoms with Crippen molar-refractivity contribution >= 4 is 35.3 Å². The van der Waals surface area contributed by atoms with Gasteiger partial charge in [0.05, 0.1) is 8.07 Å². The number of hydrogen-bond donors (Lipinski definition) is 0. The Morgan fingerprint density at radius 2 is 1.58 bits per heavy atom. The first kappa shape index (κ1) is 14.3. The highest BCUT2D eigenvalue weighted by Crippen LogP contribution is 2.14. The molecule has 0 fully saturated rings. The third-order valence-electron chi connectivity index (χ3n) is 3.36. The predicted molar refractivity (Wildman–Crippen MR) is 91.5 cm³/mol. The monoisotopic (exact) mass is 330 g/mol. The number of halogens is 1. The van der Waals surface area contributed by atoms with Gasteiger partial charge in [0.2, 0.25) is 0 Å². The van der Waals surface area contributed by atoms with Gasteiger partial charge in [-0.05, 0) is 23.7 Å². The molecule has 0 spiro atoms. The van der Waals surface area contributed by atoms with Crippen molar-refractivity contribution in [1.29, 1.82) is 0 Å². The molecule has 0 aliphatic rings. The fraction of sp³-hybridized carbons (Fsp3) is 0.176. The molecule has 0 saturated carbocycles. The van der Waals surface area contributed by atoms with Crippen LogP contribution in [0.25, 0.3) is 6.08 Å². The topological polar surface area (TPSA) is 0 Å². The van der Waals surface area contributed by atoms with Gasteiger partial charge in [0, 0.05) is 4.47 Å². The molecule has 19 heavy (non-hydrogen) atoms. The van der Waals surface area contributed by atoms with Crippen LogP contribution in [0, 0.1) is 0 Å². The lowest BCUT2D eigenvalue weighted by molar-refractivity contribution is 1.53. The average molecular weight is 331 g/mol. The molecule has 0 atom stereocenters. The van der Waals surface area contributed by atoms with E-state index in [0.29, 0.717) is 0 Å². The highest BCUT2D eigenvalue weighted by Gasteiger charge is 2.20. The molecule has 0 saturated heterocycles. The Morgan fingerprint density at radius 3 is 2.21 bits per heavy atom. The minimum Gasteiger partial charge on any atom is -0.0863 e. The highest BCUT2D eigenvalue weighted by molar-refractivity contribution is 9.10. The Bertz CT molecular complexity index is 541. The van der Waals surface area contributed by atoms with Crippen molar-refractivity contribution < 1.29 is 0 Å². The molecular weight excluding hydrogens is 312 g/mol. The maximum Gasteiger partial charge on any atom is 0.0843 e. The van der Waals surface area contributed by atoms with E-state index in [1.54, 1.807) is 0 Å². The first-order valence-corrected chi connectivity index (χ1v) is 10.6. The molecule has 0 heterocycles. The normalized spacial score (nSPS) is 11.9. The number of allylic oxidation sites excluding steroid dienone is 1. The van der Waals surface area contributed by atoms with Gasteiger partial charge in [0.15, 0.2) is 0 Å². The van der Waals surface area contributed by atoms with E-state index in [1.165, 1.54) is 16.8 Å².